The third-order valence-electron chi connectivity index (χ3n) is 1.47. The van der Waals surface area contributed by atoms with Crippen LogP contribution in [0.15, 0.2) is 18.0 Å². The highest BCUT2D eigenvalue weighted by Gasteiger charge is 1.98. The molecule has 0 unspecified atom stereocenters. The van der Waals surface area contributed by atoms with Crippen molar-refractivity contribution in [2.45, 2.75) is 13.5 Å². The summed E-state index contributed by atoms with van der Waals surface area (Å²) in [5, 5.41) is 9.76. The molecule has 1 aromatic heterocycles. The first-order valence-corrected chi connectivity index (χ1v) is 5.54. The molecule has 2 N–H and O–H groups in total. The Morgan fingerprint density at radius 2 is 2.50 bits per heavy atom. The van der Waals surface area contributed by atoms with E-state index in [9.17, 15) is 0 Å². The van der Waals surface area contributed by atoms with E-state index in [-0.39, 0.29) is 0 Å². The molecule has 0 spiro atoms. The number of aryl methyl sites for hydroxylation is 1. The van der Waals surface area contributed by atoms with Crippen molar-refractivity contribution in [3.63, 3.8) is 0 Å². The molecule has 0 aromatic carbocycles. The van der Waals surface area contributed by atoms with E-state index in [4.69, 9.17) is 12.2 Å². The van der Waals surface area contributed by atoms with Crippen molar-refractivity contribution in [3.8, 4) is 0 Å². The van der Waals surface area contributed by atoms with Gasteiger partial charge in [0.15, 0.2) is 5.11 Å². The molecule has 1 rings (SSSR count). The zero-order chi connectivity index (χ0) is 10.4. The third-order valence-corrected chi connectivity index (χ3v) is 2.73. The summed E-state index contributed by atoms with van der Waals surface area (Å²) in [6, 6.07) is 0. The van der Waals surface area contributed by atoms with E-state index in [1.807, 2.05) is 12.3 Å². The summed E-state index contributed by atoms with van der Waals surface area (Å²) >= 11 is 6.67. The summed E-state index contributed by atoms with van der Waals surface area (Å²) in [6.07, 6.45) is 1.77. The zero-order valence-electron chi connectivity index (χ0n) is 8.04. The van der Waals surface area contributed by atoms with Crippen molar-refractivity contribution in [2.75, 3.05) is 6.54 Å². The van der Waals surface area contributed by atoms with E-state index in [0.29, 0.717) is 18.2 Å². The number of aromatic nitrogens is 1. The van der Waals surface area contributed by atoms with Gasteiger partial charge in [-0.1, -0.05) is 6.08 Å². The quantitative estimate of drug-likeness (QED) is 0.605. The van der Waals surface area contributed by atoms with Crippen LogP contribution in [0.5, 0.6) is 0 Å². The maximum atomic E-state index is 5.03. The first-order chi connectivity index (χ1) is 6.72. The minimum Gasteiger partial charge on any atom is -0.359 e. The zero-order valence-corrected chi connectivity index (χ0v) is 9.67. The normalized spacial score (nSPS) is 9.50. The van der Waals surface area contributed by atoms with Crippen LogP contribution < -0.4 is 10.6 Å². The molecule has 14 heavy (non-hydrogen) atoms. The molecule has 0 saturated carbocycles. The molecule has 0 aliphatic heterocycles. The number of nitrogens with one attached hydrogen (secondary N) is 2. The van der Waals surface area contributed by atoms with Gasteiger partial charge < -0.3 is 10.6 Å². The summed E-state index contributed by atoms with van der Waals surface area (Å²) in [7, 11) is 0. The van der Waals surface area contributed by atoms with Crippen molar-refractivity contribution >= 4 is 28.7 Å². The van der Waals surface area contributed by atoms with E-state index in [0.717, 1.165) is 10.7 Å². The Hall–Kier alpha value is -0.940. The number of hydrogen-bond acceptors (Lipinski definition) is 3. The van der Waals surface area contributed by atoms with Gasteiger partial charge in [-0.05, 0) is 19.1 Å². The van der Waals surface area contributed by atoms with Crippen molar-refractivity contribution in [2.24, 2.45) is 0 Å². The van der Waals surface area contributed by atoms with Gasteiger partial charge in [0.25, 0.3) is 0 Å². The van der Waals surface area contributed by atoms with Crippen molar-refractivity contribution in [1.29, 1.82) is 0 Å². The predicted octanol–water partition coefficient (Wildman–Crippen LogP) is 1.60. The lowest BCUT2D eigenvalue weighted by molar-refractivity contribution is 0.860. The van der Waals surface area contributed by atoms with E-state index in [1.54, 1.807) is 17.4 Å². The fourth-order valence-electron chi connectivity index (χ4n) is 0.867. The van der Waals surface area contributed by atoms with Crippen LogP contribution in [0.4, 0.5) is 0 Å². The molecular formula is C9H13N3S2. The maximum Gasteiger partial charge on any atom is 0.166 e. The van der Waals surface area contributed by atoms with E-state index in [1.165, 1.54) is 0 Å². The molecule has 1 heterocycles. The Labute approximate surface area is 93.2 Å². The van der Waals surface area contributed by atoms with Crippen LogP contribution >= 0.6 is 23.6 Å². The Morgan fingerprint density at radius 3 is 3.07 bits per heavy atom. The second kappa shape index (κ2) is 5.72. The Kier molecular flexibility index (Phi) is 4.55. The summed E-state index contributed by atoms with van der Waals surface area (Å²) in [4.78, 5) is 4.31. The first kappa shape index (κ1) is 11.1. The van der Waals surface area contributed by atoms with Gasteiger partial charge in [0.05, 0.1) is 6.54 Å². The topological polar surface area (TPSA) is 37.0 Å². The maximum absolute atomic E-state index is 5.03. The number of thiazole rings is 1. The van der Waals surface area contributed by atoms with E-state index in [2.05, 4.69) is 22.2 Å². The number of hydrogen-bond donors (Lipinski definition) is 2. The molecule has 1 aromatic rings. The molecule has 0 atom stereocenters. The summed E-state index contributed by atoms with van der Waals surface area (Å²) in [6.45, 7) is 6.94. The molecule has 0 fully saturated rings. The number of thiocarbonyl (C=S) groups is 1. The van der Waals surface area contributed by atoms with Gasteiger partial charge in [-0.3, -0.25) is 0 Å². The molecule has 0 bridgehead atoms. The predicted molar refractivity (Wildman–Crippen MR) is 64.5 cm³/mol. The number of nitrogens with zero attached hydrogens (tertiary/aromatic N) is 1. The average molecular weight is 227 g/mol. The van der Waals surface area contributed by atoms with Gasteiger partial charge >= 0.3 is 0 Å². The molecule has 0 aliphatic rings. The SMILES string of the molecule is C=CCNC(=S)NCc1nc(C)cs1. The lowest BCUT2D eigenvalue weighted by Crippen LogP contribution is -2.34. The van der Waals surface area contributed by atoms with E-state index < -0.39 is 0 Å². The first-order valence-electron chi connectivity index (χ1n) is 4.26. The highest BCUT2D eigenvalue weighted by Crippen LogP contribution is 2.07. The second-order valence-corrected chi connectivity index (χ2v) is 4.09. The van der Waals surface area contributed by atoms with Crippen LogP contribution in [0, 0.1) is 6.92 Å². The monoisotopic (exact) mass is 227 g/mol. The highest BCUT2D eigenvalue weighted by molar-refractivity contribution is 7.80. The molecule has 0 amide bonds. The van der Waals surface area contributed by atoms with Crippen LogP contribution in [0.3, 0.4) is 0 Å². The summed E-state index contributed by atoms with van der Waals surface area (Å²) < 4.78 is 0. The molecule has 0 saturated heterocycles. The van der Waals surface area contributed by atoms with Crippen LogP contribution in [0.2, 0.25) is 0 Å². The van der Waals surface area contributed by atoms with Gasteiger partial charge in [0, 0.05) is 17.6 Å². The van der Waals surface area contributed by atoms with Crippen LogP contribution in [-0.2, 0) is 6.54 Å². The largest absolute Gasteiger partial charge is 0.359 e. The van der Waals surface area contributed by atoms with Gasteiger partial charge in [0.1, 0.15) is 5.01 Å². The molecule has 5 heteroatoms. The molecule has 76 valence electrons. The Balaban J connectivity index is 2.26. The van der Waals surface area contributed by atoms with Gasteiger partial charge in [0.2, 0.25) is 0 Å². The van der Waals surface area contributed by atoms with Crippen molar-refractivity contribution in [1.82, 2.24) is 15.6 Å². The lowest BCUT2D eigenvalue weighted by atomic mass is 10.6. The highest BCUT2D eigenvalue weighted by atomic mass is 32.1. The molecular weight excluding hydrogens is 214 g/mol. The van der Waals surface area contributed by atoms with Gasteiger partial charge in [-0.15, -0.1) is 17.9 Å². The minimum atomic E-state index is 0.637. The standard InChI is InChI=1S/C9H13N3S2/c1-3-4-10-9(13)11-5-8-12-7(2)6-14-8/h3,6H,1,4-5H2,2H3,(H2,10,11,13). The van der Waals surface area contributed by atoms with Gasteiger partial charge in [-0.2, -0.15) is 0 Å². The summed E-state index contributed by atoms with van der Waals surface area (Å²) in [5.74, 6) is 0. The third kappa shape index (κ3) is 3.85. The second-order valence-electron chi connectivity index (χ2n) is 2.73. The van der Waals surface area contributed by atoms with Crippen molar-refractivity contribution < 1.29 is 0 Å². The lowest BCUT2D eigenvalue weighted by Gasteiger charge is -2.06. The Bertz CT molecular complexity index is 320. The molecule has 3 nitrogen and oxygen atoms in total. The van der Waals surface area contributed by atoms with Crippen LogP contribution in [0.25, 0.3) is 0 Å². The fraction of sp³-hybridized carbons (Fsp3) is 0.333. The molecule has 0 radical (unpaired) electrons. The van der Waals surface area contributed by atoms with E-state index >= 15 is 0 Å². The minimum absolute atomic E-state index is 0.637. The fourth-order valence-corrected chi connectivity index (χ4v) is 1.73. The smallest absolute Gasteiger partial charge is 0.166 e. The Morgan fingerprint density at radius 1 is 1.71 bits per heavy atom. The van der Waals surface area contributed by atoms with Crippen molar-refractivity contribution in [3.05, 3.63) is 28.7 Å². The van der Waals surface area contributed by atoms with Gasteiger partial charge in [-0.25, -0.2) is 4.98 Å². The molecule has 0 aliphatic carbocycles. The number of rotatable bonds is 4. The summed E-state index contributed by atoms with van der Waals surface area (Å²) in [5.41, 5.74) is 1.05. The average Bonchev–Trinajstić information content (AvgIpc) is 2.58. The van der Waals surface area contributed by atoms with Crippen LogP contribution in [0.1, 0.15) is 10.7 Å². The van der Waals surface area contributed by atoms with Crippen LogP contribution in [-0.4, -0.2) is 16.6 Å².